The van der Waals surface area contributed by atoms with Crippen LogP contribution < -0.4 is 10.6 Å². The van der Waals surface area contributed by atoms with Crippen LogP contribution in [0.2, 0.25) is 0 Å². The summed E-state index contributed by atoms with van der Waals surface area (Å²) in [5.41, 5.74) is -1.02. The van der Waals surface area contributed by atoms with Crippen LogP contribution >= 0.6 is 0 Å². The molecule has 1 aromatic rings. The van der Waals surface area contributed by atoms with E-state index in [-0.39, 0.29) is 19.0 Å². The van der Waals surface area contributed by atoms with Crippen LogP contribution in [-0.2, 0) is 22.2 Å². The summed E-state index contributed by atoms with van der Waals surface area (Å²) in [7, 11) is 0. The fourth-order valence-electron chi connectivity index (χ4n) is 3.20. The molecule has 1 saturated heterocycles. The van der Waals surface area contributed by atoms with Gasteiger partial charge in [0.2, 0.25) is 5.91 Å². The predicted octanol–water partition coefficient (Wildman–Crippen LogP) is 2.08. The molecule has 2 fully saturated rings. The quantitative estimate of drug-likeness (QED) is 0.739. The molecule has 1 saturated carbocycles. The van der Waals surface area contributed by atoms with E-state index >= 15 is 0 Å². The summed E-state index contributed by atoms with van der Waals surface area (Å²) in [6.45, 7) is 1.49. The van der Waals surface area contributed by atoms with Crippen LogP contribution in [0.25, 0.3) is 0 Å². The first-order chi connectivity index (χ1) is 12.6. The third kappa shape index (κ3) is 4.06. The number of benzene rings is 1. The summed E-state index contributed by atoms with van der Waals surface area (Å²) in [5.74, 6) is -0.778. The highest BCUT2D eigenvalue weighted by molar-refractivity contribution is 6.09. The Kier molecular flexibility index (Phi) is 4.88. The second kappa shape index (κ2) is 6.86. The van der Waals surface area contributed by atoms with Crippen LogP contribution in [-0.4, -0.2) is 41.4 Å². The lowest BCUT2D eigenvalue weighted by atomic mass is 9.96. The molecule has 1 aliphatic carbocycles. The molecule has 0 aromatic heterocycles. The number of carbonyl (C=O) groups excluding carboxylic acids is 3. The standard InChI is InChI=1S/C18H20F3N3O3/c1-17(12-6-7-12)15(26)24(16(27)23-17)10-14(25)22-9-8-11-2-4-13(5-3-11)18(19,20)21/h2-5,12H,6-10H2,1H3,(H,22,25)(H,23,27). The normalized spacial score (nSPS) is 22.7. The lowest BCUT2D eigenvalue weighted by molar-refractivity contribution is -0.137. The van der Waals surface area contributed by atoms with Crippen molar-refractivity contribution in [3.05, 3.63) is 35.4 Å². The first kappa shape index (κ1) is 19.2. The van der Waals surface area contributed by atoms with E-state index in [0.717, 1.165) is 29.9 Å². The molecule has 1 heterocycles. The monoisotopic (exact) mass is 383 g/mol. The number of rotatable bonds is 6. The molecule has 4 amide bonds. The van der Waals surface area contributed by atoms with Crippen molar-refractivity contribution in [2.75, 3.05) is 13.1 Å². The lowest BCUT2D eigenvalue weighted by Gasteiger charge is -2.20. The average molecular weight is 383 g/mol. The van der Waals surface area contributed by atoms with Gasteiger partial charge in [0.1, 0.15) is 12.1 Å². The van der Waals surface area contributed by atoms with E-state index in [4.69, 9.17) is 0 Å². The van der Waals surface area contributed by atoms with Crippen LogP contribution in [0.5, 0.6) is 0 Å². The van der Waals surface area contributed by atoms with Gasteiger partial charge in [-0.1, -0.05) is 12.1 Å². The molecule has 146 valence electrons. The number of hydrogen-bond donors (Lipinski definition) is 2. The lowest BCUT2D eigenvalue weighted by Crippen LogP contribution is -2.47. The first-order valence-corrected chi connectivity index (χ1v) is 8.68. The minimum atomic E-state index is -4.38. The molecule has 1 aromatic carbocycles. The number of halogens is 3. The highest BCUT2D eigenvalue weighted by Gasteiger charge is 2.56. The van der Waals surface area contributed by atoms with Crippen LogP contribution in [0.15, 0.2) is 24.3 Å². The number of imide groups is 1. The Hall–Kier alpha value is -2.58. The fraction of sp³-hybridized carbons (Fsp3) is 0.500. The molecule has 27 heavy (non-hydrogen) atoms. The zero-order valence-electron chi connectivity index (χ0n) is 14.7. The average Bonchev–Trinajstić information content (AvgIpc) is 3.41. The van der Waals surface area contributed by atoms with Gasteiger partial charge in [-0.15, -0.1) is 0 Å². The van der Waals surface area contributed by atoms with Gasteiger partial charge in [0, 0.05) is 6.54 Å². The largest absolute Gasteiger partial charge is 0.416 e. The molecule has 9 heteroatoms. The summed E-state index contributed by atoms with van der Waals surface area (Å²) in [6, 6.07) is 4.11. The molecule has 1 atom stereocenters. The fourth-order valence-corrected chi connectivity index (χ4v) is 3.20. The van der Waals surface area contributed by atoms with Gasteiger partial charge in [0.15, 0.2) is 0 Å². The summed E-state index contributed by atoms with van der Waals surface area (Å²) in [4.78, 5) is 37.4. The molecule has 0 bridgehead atoms. The highest BCUT2D eigenvalue weighted by atomic mass is 19.4. The number of amides is 4. The molecule has 6 nitrogen and oxygen atoms in total. The van der Waals surface area contributed by atoms with E-state index in [9.17, 15) is 27.6 Å². The van der Waals surface area contributed by atoms with E-state index < -0.39 is 35.1 Å². The Morgan fingerprint density at radius 2 is 1.89 bits per heavy atom. The van der Waals surface area contributed by atoms with Gasteiger partial charge in [-0.05, 0) is 49.8 Å². The second-order valence-corrected chi connectivity index (χ2v) is 7.09. The van der Waals surface area contributed by atoms with Gasteiger partial charge in [-0.3, -0.25) is 14.5 Å². The summed E-state index contributed by atoms with van der Waals surface area (Å²) in [5, 5.41) is 5.24. The second-order valence-electron chi connectivity index (χ2n) is 7.09. The Labute approximate surface area is 154 Å². The maximum Gasteiger partial charge on any atom is 0.416 e. The van der Waals surface area contributed by atoms with Crippen molar-refractivity contribution >= 4 is 17.8 Å². The molecule has 2 aliphatic rings. The molecule has 1 aliphatic heterocycles. The van der Waals surface area contributed by atoms with Gasteiger partial charge >= 0.3 is 12.2 Å². The highest BCUT2D eigenvalue weighted by Crippen LogP contribution is 2.42. The maximum atomic E-state index is 12.5. The van der Waals surface area contributed by atoms with Gasteiger partial charge < -0.3 is 10.6 Å². The Bertz CT molecular complexity index is 759. The topological polar surface area (TPSA) is 78.5 Å². The van der Waals surface area contributed by atoms with E-state index in [2.05, 4.69) is 10.6 Å². The number of nitrogens with zero attached hydrogens (tertiary/aromatic N) is 1. The maximum absolute atomic E-state index is 12.5. The van der Waals surface area contributed by atoms with Crippen molar-refractivity contribution < 1.29 is 27.6 Å². The van der Waals surface area contributed by atoms with Crippen LogP contribution in [0, 0.1) is 5.92 Å². The van der Waals surface area contributed by atoms with Crippen molar-refractivity contribution in [2.45, 2.75) is 37.9 Å². The number of hydrogen-bond acceptors (Lipinski definition) is 3. The van der Waals surface area contributed by atoms with Crippen molar-refractivity contribution in [2.24, 2.45) is 5.92 Å². The summed E-state index contributed by atoms with van der Waals surface area (Å²) >= 11 is 0. The van der Waals surface area contributed by atoms with Crippen molar-refractivity contribution in [1.29, 1.82) is 0 Å². The number of carbonyl (C=O) groups is 3. The molecule has 0 radical (unpaired) electrons. The summed E-state index contributed by atoms with van der Waals surface area (Å²) in [6.07, 6.45) is -2.31. The van der Waals surface area contributed by atoms with Crippen molar-refractivity contribution in [3.63, 3.8) is 0 Å². The molecular weight excluding hydrogens is 363 g/mol. The van der Waals surface area contributed by atoms with Crippen molar-refractivity contribution in [3.8, 4) is 0 Å². The summed E-state index contributed by atoms with van der Waals surface area (Å²) < 4.78 is 37.6. The van der Waals surface area contributed by atoms with Crippen LogP contribution in [0.4, 0.5) is 18.0 Å². The smallest absolute Gasteiger partial charge is 0.354 e. The molecule has 2 N–H and O–H groups in total. The van der Waals surface area contributed by atoms with Gasteiger partial charge in [-0.25, -0.2) is 4.79 Å². The Morgan fingerprint density at radius 1 is 1.26 bits per heavy atom. The first-order valence-electron chi connectivity index (χ1n) is 8.68. The van der Waals surface area contributed by atoms with Crippen LogP contribution in [0.3, 0.4) is 0 Å². The van der Waals surface area contributed by atoms with Crippen LogP contribution in [0.1, 0.15) is 30.9 Å². The predicted molar refractivity (Wildman–Crippen MR) is 89.5 cm³/mol. The SMILES string of the molecule is CC1(C2CC2)NC(=O)N(CC(=O)NCCc2ccc(C(F)(F)F)cc2)C1=O. The zero-order chi connectivity index (χ0) is 19.8. The number of alkyl halides is 3. The Morgan fingerprint density at radius 3 is 2.44 bits per heavy atom. The van der Waals surface area contributed by atoms with E-state index in [0.29, 0.717) is 12.0 Å². The van der Waals surface area contributed by atoms with E-state index in [1.807, 2.05) is 0 Å². The van der Waals surface area contributed by atoms with E-state index in [1.165, 1.54) is 12.1 Å². The van der Waals surface area contributed by atoms with Gasteiger partial charge in [-0.2, -0.15) is 13.2 Å². The Balaban J connectivity index is 1.47. The number of urea groups is 1. The third-order valence-electron chi connectivity index (χ3n) is 5.01. The van der Waals surface area contributed by atoms with Gasteiger partial charge in [0.05, 0.1) is 5.56 Å². The van der Waals surface area contributed by atoms with E-state index in [1.54, 1.807) is 6.92 Å². The minimum absolute atomic E-state index is 0.113. The van der Waals surface area contributed by atoms with Crippen molar-refractivity contribution in [1.82, 2.24) is 15.5 Å². The third-order valence-corrected chi connectivity index (χ3v) is 5.01. The molecular formula is C18H20F3N3O3. The zero-order valence-corrected chi connectivity index (χ0v) is 14.7. The minimum Gasteiger partial charge on any atom is -0.354 e. The van der Waals surface area contributed by atoms with Gasteiger partial charge in [0.25, 0.3) is 5.91 Å². The molecule has 0 spiro atoms. The molecule has 3 rings (SSSR count). The molecule has 1 unspecified atom stereocenters. The number of nitrogens with one attached hydrogen (secondary N) is 2.